The Morgan fingerprint density at radius 1 is 0.524 bits per heavy atom. The zero-order chi connectivity index (χ0) is 31.0. The van der Waals surface area contributed by atoms with Gasteiger partial charge in [0.2, 0.25) is 0 Å². The van der Waals surface area contributed by atoms with Crippen LogP contribution in [0.25, 0.3) is 0 Å². The van der Waals surface area contributed by atoms with Crippen molar-refractivity contribution in [2.24, 2.45) is 34.4 Å². The van der Waals surface area contributed by atoms with E-state index in [1.807, 2.05) is 0 Å². The molecule has 4 rings (SSSR count). The molecule has 3 saturated heterocycles. The number of aliphatic hydroxyl groups excluding tert-OH is 7. The molecule has 19 atom stereocenters. The molecule has 0 spiro atoms. The van der Waals surface area contributed by atoms with E-state index in [-0.39, 0.29) is 19.5 Å². The summed E-state index contributed by atoms with van der Waals surface area (Å²) < 4.78 is 34.6. The lowest BCUT2D eigenvalue weighted by molar-refractivity contribution is -0.306. The van der Waals surface area contributed by atoms with Crippen molar-refractivity contribution in [1.29, 1.82) is 0 Å². The first-order valence-electron chi connectivity index (χ1n) is 13.9. The second-order valence-corrected chi connectivity index (χ2v) is 11.2. The third-order valence-electron chi connectivity index (χ3n) is 8.37. The molecule has 0 aromatic carbocycles. The number of ether oxygens (including phenoxy) is 6. The second kappa shape index (κ2) is 14.1. The molecule has 0 amide bonds. The minimum Gasteiger partial charge on any atom is -0.394 e. The van der Waals surface area contributed by atoms with Crippen LogP contribution in [0.4, 0.5) is 0 Å². The number of aliphatic hydroxyl groups is 7. The molecule has 19 nitrogen and oxygen atoms in total. The molecule has 246 valence electrons. The van der Waals surface area contributed by atoms with Crippen LogP contribution < -0.4 is 34.4 Å². The van der Waals surface area contributed by atoms with Crippen LogP contribution in [0.15, 0.2) is 0 Å². The van der Waals surface area contributed by atoms with E-state index in [1.54, 1.807) is 0 Å². The summed E-state index contributed by atoms with van der Waals surface area (Å²) in [5.74, 6) is 0. The topological polar surface area (TPSA) is 353 Å². The minimum absolute atomic E-state index is 0.0889. The molecule has 3 aliphatic heterocycles. The third-order valence-corrected chi connectivity index (χ3v) is 8.37. The molecule has 4 fully saturated rings. The third kappa shape index (κ3) is 6.60. The summed E-state index contributed by atoms with van der Waals surface area (Å²) in [6, 6.07) is -4.18. The highest BCUT2D eigenvalue weighted by molar-refractivity contribution is 5.02. The molecule has 19 N–H and O–H groups in total. The molecule has 19 heteroatoms. The monoisotopic (exact) mass is 614 g/mol. The number of nitrogens with two attached hydrogens (primary N) is 6. The lowest BCUT2D eigenvalue weighted by atomic mass is 9.84. The van der Waals surface area contributed by atoms with Gasteiger partial charge in [-0.25, -0.2) is 0 Å². The molecule has 0 radical (unpaired) electrons. The van der Waals surface area contributed by atoms with Crippen LogP contribution in [0.2, 0.25) is 0 Å². The maximum atomic E-state index is 11.1. The van der Waals surface area contributed by atoms with Gasteiger partial charge in [-0.05, 0) is 6.42 Å². The molecule has 0 aromatic rings. The molecule has 0 unspecified atom stereocenters. The highest BCUT2D eigenvalue weighted by Gasteiger charge is 2.54. The molecular weight excluding hydrogens is 568 g/mol. The predicted molar refractivity (Wildman–Crippen MR) is 138 cm³/mol. The van der Waals surface area contributed by atoms with Gasteiger partial charge in [0, 0.05) is 25.2 Å². The fourth-order valence-electron chi connectivity index (χ4n) is 5.74. The Kier molecular flexibility index (Phi) is 11.5. The van der Waals surface area contributed by atoms with E-state index in [4.69, 9.17) is 62.8 Å². The van der Waals surface area contributed by atoms with Crippen molar-refractivity contribution in [3.8, 4) is 0 Å². The Bertz CT molecular complexity index is 868. The van der Waals surface area contributed by atoms with Crippen molar-refractivity contribution in [3.63, 3.8) is 0 Å². The van der Waals surface area contributed by atoms with Crippen molar-refractivity contribution >= 4 is 0 Å². The van der Waals surface area contributed by atoms with E-state index in [2.05, 4.69) is 0 Å². The van der Waals surface area contributed by atoms with E-state index in [0.29, 0.717) is 0 Å². The molecule has 0 aromatic heterocycles. The van der Waals surface area contributed by atoms with Gasteiger partial charge in [-0.3, -0.25) is 0 Å². The quantitative estimate of drug-likeness (QED) is 0.115. The summed E-state index contributed by atoms with van der Waals surface area (Å²) in [7, 11) is 0. The van der Waals surface area contributed by atoms with Gasteiger partial charge in [-0.1, -0.05) is 0 Å². The molecular formula is C23H46N6O13. The highest BCUT2D eigenvalue weighted by Crippen LogP contribution is 2.34. The van der Waals surface area contributed by atoms with Crippen molar-refractivity contribution < 1.29 is 64.2 Å². The van der Waals surface area contributed by atoms with Gasteiger partial charge in [0.1, 0.15) is 67.1 Å². The first-order valence-corrected chi connectivity index (χ1v) is 13.9. The SMILES string of the molecule is NC[C@@H]1O[C@H](O[C@H]2[C@@H](O[C@@H]3O[C@H](CO)[C@@H](O[C@H]4O[C@@H](CN)[C@@H](O)[C@@H](O)[C@H]4N)[C@H]3O)[C@@H](O)[C@@H](N)C[C@H]2N)[C@H](N)[C@H](O)[C@@H]1O. The highest BCUT2D eigenvalue weighted by atomic mass is 16.8. The van der Waals surface area contributed by atoms with Gasteiger partial charge in [-0.2, -0.15) is 0 Å². The van der Waals surface area contributed by atoms with Crippen LogP contribution in [0.1, 0.15) is 6.42 Å². The van der Waals surface area contributed by atoms with Gasteiger partial charge in [0.15, 0.2) is 18.9 Å². The fraction of sp³-hybridized carbons (Fsp3) is 1.00. The van der Waals surface area contributed by atoms with Crippen LogP contribution in [-0.2, 0) is 28.4 Å². The number of hydrogen-bond acceptors (Lipinski definition) is 19. The smallest absolute Gasteiger partial charge is 0.187 e. The fourth-order valence-corrected chi connectivity index (χ4v) is 5.74. The molecule has 0 bridgehead atoms. The Morgan fingerprint density at radius 3 is 1.45 bits per heavy atom. The summed E-state index contributed by atoms with van der Waals surface area (Å²) in [4.78, 5) is 0. The van der Waals surface area contributed by atoms with Gasteiger partial charge in [0.05, 0.1) is 24.8 Å². The van der Waals surface area contributed by atoms with E-state index in [0.717, 1.165) is 0 Å². The Labute approximate surface area is 241 Å². The molecule has 3 heterocycles. The summed E-state index contributed by atoms with van der Waals surface area (Å²) in [5, 5.41) is 73.0. The van der Waals surface area contributed by atoms with Gasteiger partial charge >= 0.3 is 0 Å². The average molecular weight is 615 g/mol. The normalized spacial score (nSPS) is 53.8. The van der Waals surface area contributed by atoms with Gasteiger partial charge in [-0.15, -0.1) is 0 Å². The van der Waals surface area contributed by atoms with Gasteiger partial charge < -0.3 is 98.6 Å². The van der Waals surface area contributed by atoms with Crippen molar-refractivity contribution in [2.45, 2.75) is 123 Å². The number of rotatable bonds is 9. The summed E-state index contributed by atoms with van der Waals surface area (Å²) in [6.45, 7) is -0.967. The maximum absolute atomic E-state index is 11.1. The maximum Gasteiger partial charge on any atom is 0.187 e. The average Bonchev–Trinajstić information content (AvgIpc) is 3.27. The Morgan fingerprint density at radius 2 is 0.976 bits per heavy atom. The Hall–Kier alpha value is -0.760. The van der Waals surface area contributed by atoms with Crippen molar-refractivity contribution in [3.05, 3.63) is 0 Å². The lowest BCUT2D eigenvalue weighted by Crippen LogP contribution is -2.68. The summed E-state index contributed by atoms with van der Waals surface area (Å²) >= 11 is 0. The lowest BCUT2D eigenvalue weighted by Gasteiger charge is -2.47. The zero-order valence-corrected chi connectivity index (χ0v) is 22.8. The first kappa shape index (κ1) is 34.1. The van der Waals surface area contributed by atoms with Crippen LogP contribution in [0.3, 0.4) is 0 Å². The zero-order valence-electron chi connectivity index (χ0n) is 22.8. The Balaban J connectivity index is 1.50. The minimum atomic E-state index is -1.60. The predicted octanol–water partition coefficient (Wildman–Crippen LogP) is -8.90. The van der Waals surface area contributed by atoms with Gasteiger partial charge in [0.25, 0.3) is 0 Å². The molecule has 42 heavy (non-hydrogen) atoms. The van der Waals surface area contributed by atoms with E-state index >= 15 is 0 Å². The van der Waals surface area contributed by atoms with E-state index in [1.165, 1.54) is 0 Å². The van der Waals surface area contributed by atoms with Crippen LogP contribution >= 0.6 is 0 Å². The molecule has 4 aliphatic rings. The number of hydrogen-bond donors (Lipinski definition) is 13. The van der Waals surface area contributed by atoms with Crippen LogP contribution in [-0.4, -0.2) is 172 Å². The molecule has 1 aliphatic carbocycles. The van der Waals surface area contributed by atoms with E-state index in [9.17, 15) is 35.7 Å². The first-order chi connectivity index (χ1) is 19.8. The van der Waals surface area contributed by atoms with Crippen LogP contribution in [0.5, 0.6) is 0 Å². The van der Waals surface area contributed by atoms with E-state index < -0.39 is 123 Å². The molecule has 1 saturated carbocycles. The summed E-state index contributed by atoms with van der Waals surface area (Å²) in [5.41, 5.74) is 35.6. The van der Waals surface area contributed by atoms with Crippen LogP contribution in [0, 0.1) is 0 Å². The van der Waals surface area contributed by atoms with Crippen molar-refractivity contribution in [1.82, 2.24) is 0 Å². The second-order valence-electron chi connectivity index (χ2n) is 11.2. The largest absolute Gasteiger partial charge is 0.394 e. The standard InChI is InChI=1S/C23H46N6O13/c24-2-7-13(32)15(34)10(28)21(37-7)40-18-6(27)1-5(26)12(31)20(18)42-23-17(36)19(9(4-30)39-23)41-22-11(29)16(35)14(33)8(3-25)38-22/h5-23,30-36H,1-4,24-29H2/t5-,6+,7-,8-,9+,10+,11+,12-,13+,14+,15-,16-,17+,18+,19+,20-,21+,22+,23-/m0/s1. The van der Waals surface area contributed by atoms with Crippen molar-refractivity contribution in [2.75, 3.05) is 19.7 Å². The summed E-state index contributed by atoms with van der Waals surface area (Å²) in [6.07, 6.45) is -19.8.